The van der Waals surface area contributed by atoms with Crippen molar-refractivity contribution in [2.75, 3.05) is 13.1 Å². The third kappa shape index (κ3) is 1.95. The number of carbonyl (C=O) groups is 1. The second-order valence-electron chi connectivity index (χ2n) is 5.11. The molecule has 1 unspecified atom stereocenters. The lowest BCUT2D eigenvalue weighted by atomic mass is 9.94. The Hall–Kier alpha value is -1.35. The molecule has 3 rings (SSSR count). The number of carbonyl (C=O) groups excluding carboxylic acids is 1. The highest BCUT2D eigenvalue weighted by Gasteiger charge is 2.51. The molecule has 3 heteroatoms. The van der Waals surface area contributed by atoms with Gasteiger partial charge in [-0.3, -0.25) is 4.79 Å². The third-order valence-corrected chi connectivity index (χ3v) is 3.91. The first-order valence-corrected chi connectivity index (χ1v) is 6.38. The van der Waals surface area contributed by atoms with Crippen LogP contribution in [0.4, 0.5) is 0 Å². The van der Waals surface area contributed by atoms with Crippen LogP contribution >= 0.6 is 0 Å². The molecule has 1 aromatic carbocycles. The standard InChI is InChI=1S/C14H18N2O/c17-13(16-12-6-9-15-10-12)14(7-8-14)11-4-2-1-3-5-11/h1-5,12,15H,6-10H2,(H,16,17). The normalized spacial score (nSPS) is 25.5. The summed E-state index contributed by atoms with van der Waals surface area (Å²) in [4.78, 5) is 12.3. The van der Waals surface area contributed by atoms with Gasteiger partial charge in [0.15, 0.2) is 0 Å². The van der Waals surface area contributed by atoms with Crippen molar-refractivity contribution in [1.29, 1.82) is 0 Å². The van der Waals surface area contributed by atoms with Crippen LogP contribution in [-0.2, 0) is 10.2 Å². The predicted molar refractivity (Wildman–Crippen MR) is 66.8 cm³/mol. The molecule has 1 aliphatic carbocycles. The number of benzene rings is 1. The molecule has 0 radical (unpaired) electrons. The molecule has 0 aromatic heterocycles. The maximum Gasteiger partial charge on any atom is 0.230 e. The van der Waals surface area contributed by atoms with Crippen molar-refractivity contribution < 1.29 is 4.79 Å². The van der Waals surface area contributed by atoms with E-state index >= 15 is 0 Å². The molecule has 1 aromatic rings. The predicted octanol–water partition coefficient (Wildman–Crippen LogP) is 1.20. The maximum absolute atomic E-state index is 12.3. The first-order valence-electron chi connectivity index (χ1n) is 6.38. The Balaban J connectivity index is 1.72. The fourth-order valence-corrected chi connectivity index (χ4v) is 2.63. The Labute approximate surface area is 102 Å². The van der Waals surface area contributed by atoms with Gasteiger partial charge < -0.3 is 10.6 Å². The highest BCUT2D eigenvalue weighted by molar-refractivity contribution is 5.91. The monoisotopic (exact) mass is 230 g/mol. The topological polar surface area (TPSA) is 41.1 Å². The SMILES string of the molecule is O=C(NC1CCNC1)C1(c2ccccc2)CC1. The number of hydrogen-bond acceptors (Lipinski definition) is 2. The highest BCUT2D eigenvalue weighted by Crippen LogP contribution is 2.48. The first-order chi connectivity index (χ1) is 8.31. The van der Waals surface area contributed by atoms with E-state index in [1.54, 1.807) is 0 Å². The van der Waals surface area contributed by atoms with Gasteiger partial charge in [-0.25, -0.2) is 0 Å². The zero-order valence-electron chi connectivity index (χ0n) is 9.91. The summed E-state index contributed by atoms with van der Waals surface area (Å²) in [5.41, 5.74) is 0.951. The van der Waals surface area contributed by atoms with Crippen molar-refractivity contribution in [3.63, 3.8) is 0 Å². The summed E-state index contributed by atoms with van der Waals surface area (Å²) in [5.74, 6) is 0.220. The summed E-state index contributed by atoms with van der Waals surface area (Å²) in [6.07, 6.45) is 3.03. The van der Waals surface area contributed by atoms with Gasteiger partial charge >= 0.3 is 0 Å². The summed E-state index contributed by atoms with van der Waals surface area (Å²) < 4.78 is 0. The second-order valence-corrected chi connectivity index (χ2v) is 5.11. The number of hydrogen-bond donors (Lipinski definition) is 2. The molecule has 1 aliphatic heterocycles. The van der Waals surface area contributed by atoms with Crippen LogP contribution in [0.25, 0.3) is 0 Å². The molecule has 17 heavy (non-hydrogen) atoms. The highest BCUT2D eigenvalue weighted by atomic mass is 16.2. The molecule has 3 nitrogen and oxygen atoms in total. The third-order valence-electron chi connectivity index (χ3n) is 3.91. The van der Waals surface area contributed by atoms with E-state index in [1.165, 1.54) is 5.56 Å². The van der Waals surface area contributed by atoms with E-state index in [0.717, 1.165) is 32.4 Å². The van der Waals surface area contributed by atoms with Crippen LogP contribution in [-0.4, -0.2) is 25.0 Å². The molecule has 1 saturated heterocycles. The van der Waals surface area contributed by atoms with E-state index in [2.05, 4.69) is 22.8 Å². The van der Waals surface area contributed by atoms with E-state index in [4.69, 9.17) is 0 Å². The fourth-order valence-electron chi connectivity index (χ4n) is 2.63. The van der Waals surface area contributed by atoms with Gasteiger partial charge in [0.05, 0.1) is 5.41 Å². The lowest BCUT2D eigenvalue weighted by Gasteiger charge is -2.19. The molecule has 0 spiro atoms. The summed E-state index contributed by atoms with van der Waals surface area (Å²) in [6.45, 7) is 1.93. The maximum atomic E-state index is 12.3. The summed E-state index contributed by atoms with van der Waals surface area (Å²) >= 11 is 0. The zero-order chi connectivity index (χ0) is 11.7. The molecule has 90 valence electrons. The second kappa shape index (κ2) is 4.15. The molecule has 1 heterocycles. The van der Waals surface area contributed by atoms with Crippen molar-refractivity contribution in [2.45, 2.75) is 30.7 Å². The Kier molecular flexibility index (Phi) is 2.63. The van der Waals surface area contributed by atoms with Gasteiger partial charge in [0.1, 0.15) is 0 Å². The Bertz CT molecular complexity index is 405. The van der Waals surface area contributed by atoms with Crippen LogP contribution in [0.2, 0.25) is 0 Å². The van der Waals surface area contributed by atoms with E-state index in [-0.39, 0.29) is 11.3 Å². The molecule has 1 saturated carbocycles. The molecule has 0 bridgehead atoms. The van der Waals surface area contributed by atoms with Gasteiger partial charge in [0.25, 0.3) is 0 Å². The van der Waals surface area contributed by atoms with Crippen molar-refractivity contribution >= 4 is 5.91 Å². The van der Waals surface area contributed by atoms with Crippen molar-refractivity contribution in [3.05, 3.63) is 35.9 Å². The van der Waals surface area contributed by atoms with E-state index in [9.17, 15) is 4.79 Å². The van der Waals surface area contributed by atoms with Gasteiger partial charge in [-0.15, -0.1) is 0 Å². The molecular formula is C14H18N2O. The van der Waals surface area contributed by atoms with Gasteiger partial charge in [-0.1, -0.05) is 30.3 Å². The Morgan fingerprint density at radius 3 is 2.65 bits per heavy atom. The largest absolute Gasteiger partial charge is 0.351 e. The molecule has 2 N–H and O–H groups in total. The van der Waals surface area contributed by atoms with Gasteiger partial charge in [0, 0.05) is 12.6 Å². The van der Waals surface area contributed by atoms with Crippen molar-refractivity contribution in [1.82, 2.24) is 10.6 Å². The molecule has 2 fully saturated rings. The minimum atomic E-state index is -0.218. The van der Waals surface area contributed by atoms with Gasteiger partial charge in [-0.2, -0.15) is 0 Å². The molecule has 1 atom stereocenters. The van der Waals surface area contributed by atoms with Crippen molar-refractivity contribution in [3.8, 4) is 0 Å². The first kappa shape index (κ1) is 10.8. The van der Waals surface area contributed by atoms with E-state index in [0.29, 0.717) is 6.04 Å². The number of amides is 1. The van der Waals surface area contributed by atoms with Crippen LogP contribution in [0.3, 0.4) is 0 Å². The summed E-state index contributed by atoms with van der Waals surface area (Å²) in [6, 6.07) is 10.5. The number of nitrogens with one attached hydrogen (secondary N) is 2. The minimum absolute atomic E-state index is 0.218. The minimum Gasteiger partial charge on any atom is -0.351 e. The van der Waals surface area contributed by atoms with Gasteiger partial charge in [-0.05, 0) is 31.4 Å². The van der Waals surface area contributed by atoms with Crippen LogP contribution in [0.15, 0.2) is 30.3 Å². The quantitative estimate of drug-likeness (QED) is 0.819. The van der Waals surface area contributed by atoms with Gasteiger partial charge in [0.2, 0.25) is 5.91 Å². The van der Waals surface area contributed by atoms with Crippen molar-refractivity contribution in [2.24, 2.45) is 0 Å². The molecular weight excluding hydrogens is 212 g/mol. The average molecular weight is 230 g/mol. The number of rotatable bonds is 3. The Morgan fingerprint density at radius 2 is 2.06 bits per heavy atom. The zero-order valence-corrected chi connectivity index (χ0v) is 9.91. The lowest BCUT2D eigenvalue weighted by Crippen LogP contribution is -2.42. The summed E-state index contributed by atoms with van der Waals surface area (Å²) in [5, 5.41) is 6.45. The smallest absolute Gasteiger partial charge is 0.230 e. The summed E-state index contributed by atoms with van der Waals surface area (Å²) in [7, 11) is 0. The lowest BCUT2D eigenvalue weighted by molar-refractivity contribution is -0.124. The Morgan fingerprint density at radius 1 is 1.29 bits per heavy atom. The van der Waals surface area contributed by atoms with Crippen LogP contribution in [0.5, 0.6) is 0 Å². The molecule has 2 aliphatic rings. The van der Waals surface area contributed by atoms with Crippen LogP contribution < -0.4 is 10.6 Å². The molecule has 1 amide bonds. The van der Waals surface area contributed by atoms with E-state index in [1.807, 2.05) is 18.2 Å². The fraction of sp³-hybridized carbons (Fsp3) is 0.500. The van der Waals surface area contributed by atoms with Crippen LogP contribution in [0, 0.1) is 0 Å². The van der Waals surface area contributed by atoms with Crippen LogP contribution in [0.1, 0.15) is 24.8 Å². The average Bonchev–Trinajstić information content (AvgIpc) is 3.04. The van der Waals surface area contributed by atoms with E-state index < -0.39 is 0 Å².